The van der Waals surface area contributed by atoms with E-state index in [0.29, 0.717) is 17.9 Å². The van der Waals surface area contributed by atoms with Crippen molar-refractivity contribution in [1.29, 1.82) is 0 Å². The molecule has 1 heterocycles. The highest BCUT2D eigenvalue weighted by molar-refractivity contribution is 5.91. The maximum Gasteiger partial charge on any atom is 0.334 e. The summed E-state index contributed by atoms with van der Waals surface area (Å²) in [5, 5.41) is 0. The second kappa shape index (κ2) is 6.96. The van der Waals surface area contributed by atoms with E-state index in [1.165, 1.54) is 13.8 Å². The Bertz CT molecular complexity index is 839. The second-order valence-corrected chi connectivity index (χ2v) is 10.3. The van der Waals surface area contributed by atoms with E-state index in [1.807, 2.05) is 0 Å². The molecule has 3 aliphatic carbocycles. The first kappa shape index (κ1) is 21.1. The third kappa shape index (κ3) is 3.02. The smallest absolute Gasteiger partial charge is 0.334 e. The van der Waals surface area contributed by atoms with Gasteiger partial charge in [0.15, 0.2) is 0 Å². The van der Waals surface area contributed by atoms with Crippen molar-refractivity contribution in [2.75, 3.05) is 0 Å². The Kier molecular flexibility index (Phi) is 4.90. The molecule has 3 fully saturated rings. The Labute approximate surface area is 178 Å². The average molecular weight is 417 g/mol. The molecule has 7 atom stereocenters. The highest BCUT2D eigenvalue weighted by Gasteiger charge is 2.64. The summed E-state index contributed by atoms with van der Waals surface area (Å²) in [7, 11) is 0. The summed E-state index contributed by atoms with van der Waals surface area (Å²) in [6.45, 7) is 13.5. The Balaban J connectivity index is 1.81. The zero-order chi connectivity index (χ0) is 22.0. The third-order valence-corrected chi connectivity index (χ3v) is 8.23. The molecule has 4 rings (SSSR count). The van der Waals surface area contributed by atoms with Crippen LogP contribution in [0.15, 0.2) is 23.8 Å². The molecule has 0 unspecified atom stereocenters. The van der Waals surface area contributed by atoms with E-state index < -0.39 is 18.2 Å². The molecule has 1 saturated heterocycles. The van der Waals surface area contributed by atoms with Crippen LogP contribution >= 0.6 is 0 Å². The lowest BCUT2D eigenvalue weighted by Crippen LogP contribution is -2.60. The van der Waals surface area contributed by atoms with E-state index in [4.69, 9.17) is 14.2 Å². The van der Waals surface area contributed by atoms with E-state index in [9.17, 15) is 14.4 Å². The monoisotopic (exact) mass is 416 g/mol. The lowest BCUT2D eigenvalue weighted by atomic mass is 9.45. The number of fused-ring (bicyclic) bond motifs is 5. The van der Waals surface area contributed by atoms with Gasteiger partial charge in [-0.25, -0.2) is 4.79 Å². The normalized spacial score (nSPS) is 41.6. The van der Waals surface area contributed by atoms with Gasteiger partial charge in [0.25, 0.3) is 0 Å². The molecule has 0 spiro atoms. The van der Waals surface area contributed by atoms with E-state index in [-0.39, 0.29) is 40.7 Å². The van der Waals surface area contributed by atoms with Gasteiger partial charge in [0.1, 0.15) is 18.3 Å². The van der Waals surface area contributed by atoms with Gasteiger partial charge in [-0.1, -0.05) is 33.4 Å². The number of hydrogen-bond donors (Lipinski definition) is 0. The number of carbonyl (C=O) groups is 3. The van der Waals surface area contributed by atoms with Crippen molar-refractivity contribution in [3.63, 3.8) is 0 Å². The summed E-state index contributed by atoms with van der Waals surface area (Å²) in [6, 6.07) is 0. The standard InChI is InChI=1S/C24H32O6/c1-12-20-17(28-13(2)25)11-16-15(21(20)30-22(12)27)7-8-18-23(4,5)10-9-19(24(16,18)6)29-14(3)26/h7,16-21H,1,8-11H2,2-6H3/t16-,17+,18-,19+,20-,21+,24+/m1/s1. The van der Waals surface area contributed by atoms with Crippen molar-refractivity contribution in [2.45, 2.75) is 78.6 Å². The van der Waals surface area contributed by atoms with Gasteiger partial charge in [-0.05, 0) is 48.5 Å². The molecular formula is C24H32O6. The van der Waals surface area contributed by atoms with Gasteiger partial charge in [-0.3, -0.25) is 9.59 Å². The minimum Gasteiger partial charge on any atom is -0.462 e. The molecule has 30 heavy (non-hydrogen) atoms. The minimum absolute atomic E-state index is 0.00975. The van der Waals surface area contributed by atoms with Crippen LogP contribution in [0.2, 0.25) is 0 Å². The van der Waals surface area contributed by atoms with Crippen LogP contribution in [-0.2, 0) is 28.6 Å². The van der Waals surface area contributed by atoms with Gasteiger partial charge in [0.05, 0.1) is 5.92 Å². The molecule has 2 saturated carbocycles. The number of carbonyl (C=O) groups excluding carboxylic acids is 3. The van der Waals surface area contributed by atoms with Crippen molar-refractivity contribution < 1.29 is 28.6 Å². The van der Waals surface area contributed by atoms with Gasteiger partial charge < -0.3 is 14.2 Å². The number of rotatable bonds is 2. The van der Waals surface area contributed by atoms with Crippen molar-refractivity contribution in [2.24, 2.45) is 28.6 Å². The molecular weight excluding hydrogens is 384 g/mol. The summed E-state index contributed by atoms with van der Waals surface area (Å²) in [6.07, 6.45) is 4.25. The quantitative estimate of drug-likeness (QED) is 0.295. The van der Waals surface area contributed by atoms with E-state index in [2.05, 4.69) is 33.4 Å². The number of hydrogen-bond acceptors (Lipinski definition) is 6. The molecule has 0 radical (unpaired) electrons. The van der Waals surface area contributed by atoms with Crippen LogP contribution in [0.25, 0.3) is 0 Å². The summed E-state index contributed by atoms with van der Waals surface area (Å²) >= 11 is 0. The predicted molar refractivity (Wildman–Crippen MR) is 109 cm³/mol. The largest absolute Gasteiger partial charge is 0.462 e. The highest BCUT2D eigenvalue weighted by Crippen LogP contribution is 2.64. The lowest BCUT2D eigenvalue weighted by Gasteiger charge is -2.61. The SMILES string of the molecule is C=C1C(=O)O[C@H]2C3=CC[C@@H]4C(C)(C)CC[C@H](OC(C)=O)[C@@]4(C)[C@@H]3C[C@H](OC(C)=O)[C@@H]12. The molecule has 0 aromatic heterocycles. The number of allylic oxidation sites excluding steroid dienone is 1. The summed E-state index contributed by atoms with van der Waals surface area (Å²) in [4.78, 5) is 36.2. The van der Waals surface area contributed by atoms with Crippen LogP contribution in [0, 0.1) is 28.6 Å². The first-order valence-electron chi connectivity index (χ1n) is 10.9. The molecule has 4 aliphatic rings. The lowest BCUT2D eigenvalue weighted by molar-refractivity contribution is -0.186. The zero-order valence-electron chi connectivity index (χ0n) is 18.5. The summed E-state index contributed by atoms with van der Waals surface area (Å²) < 4.78 is 17.3. The molecule has 0 aromatic rings. The Hall–Kier alpha value is -2.11. The molecule has 6 nitrogen and oxygen atoms in total. The molecule has 0 amide bonds. The maximum atomic E-state index is 12.4. The number of ether oxygens (including phenoxy) is 3. The zero-order valence-corrected chi connectivity index (χ0v) is 18.5. The van der Waals surface area contributed by atoms with Crippen LogP contribution in [0.4, 0.5) is 0 Å². The Morgan fingerprint density at radius 3 is 2.47 bits per heavy atom. The van der Waals surface area contributed by atoms with Gasteiger partial charge in [-0.2, -0.15) is 0 Å². The minimum atomic E-state index is -0.479. The second-order valence-electron chi connectivity index (χ2n) is 10.3. The summed E-state index contributed by atoms with van der Waals surface area (Å²) in [5.74, 6) is -1.14. The Morgan fingerprint density at radius 1 is 1.17 bits per heavy atom. The topological polar surface area (TPSA) is 78.9 Å². The van der Waals surface area contributed by atoms with Gasteiger partial charge in [0, 0.05) is 24.8 Å². The van der Waals surface area contributed by atoms with Crippen LogP contribution in [0.3, 0.4) is 0 Å². The van der Waals surface area contributed by atoms with Crippen molar-refractivity contribution in [1.82, 2.24) is 0 Å². The van der Waals surface area contributed by atoms with Crippen LogP contribution in [0.5, 0.6) is 0 Å². The van der Waals surface area contributed by atoms with Crippen molar-refractivity contribution in [3.8, 4) is 0 Å². The fourth-order valence-corrected chi connectivity index (χ4v) is 6.93. The fraction of sp³-hybridized carbons (Fsp3) is 0.708. The first-order valence-corrected chi connectivity index (χ1v) is 10.9. The van der Waals surface area contributed by atoms with E-state index in [0.717, 1.165) is 24.8 Å². The average Bonchev–Trinajstić information content (AvgIpc) is 2.93. The molecule has 164 valence electrons. The molecule has 0 N–H and O–H groups in total. The number of esters is 3. The molecule has 1 aliphatic heterocycles. The molecule has 6 heteroatoms. The fourth-order valence-electron chi connectivity index (χ4n) is 6.93. The van der Waals surface area contributed by atoms with Crippen LogP contribution in [0.1, 0.15) is 60.3 Å². The molecule has 0 bridgehead atoms. The molecule has 0 aromatic carbocycles. The van der Waals surface area contributed by atoms with Gasteiger partial charge in [-0.15, -0.1) is 0 Å². The van der Waals surface area contributed by atoms with E-state index >= 15 is 0 Å². The Morgan fingerprint density at radius 2 is 1.83 bits per heavy atom. The highest BCUT2D eigenvalue weighted by atomic mass is 16.6. The third-order valence-electron chi connectivity index (χ3n) is 8.23. The van der Waals surface area contributed by atoms with Crippen molar-refractivity contribution >= 4 is 17.9 Å². The van der Waals surface area contributed by atoms with Gasteiger partial charge >= 0.3 is 17.9 Å². The van der Waals surface area contributed by atoms with Crippen LogP contribution < -0.4 is 0 Å². The predicted octanol–water partition coefficient (Wildman–Crippen LogP) is 3.74. The van der Waals surface area contributed by atoms with Gasteiger partial charge in [0.2, 0.25) is 0 Å². The summed E-state index contributed by atoms with van der Waals surface area (Å²) in [5.41, 5.74) is 1.19. The maximum absolute atomic E-state index is 12.4. The van der Waals surface area contributed by atoms with Crippen molar-refractivity contribution in [3.05, 3.63) is 23.8 Å². The van der Waals surface area contributed by atoms with Crippen LogP contribution in [-0.4, -0.2) is 36.2 Å². The first-order chi connectivity index (χ1) is 14.0. The van der Waals surface area contributed by atoms with E-state index in [1.54, 1.807) is 0 Å².